The topological polar surface area (TPSA) is 111 Å². The lowest BCUT2D eigenvalue weighted by Crippen LogP contribution is -2.37. The Morgan fingerprint density at radius 2 is 0.919 bits per heavy atom. The Bertz CT molecular complexity index is 1240. The van der Waals surface area contributed by atoms with Gasteiger partial charge >= 0.3 is 11.9 Å². The minimum Gasteiger partial charge on any atom is -0.756 e. The quantitative estimate of drug-likeness (QED) is 0.0195. The second-order valence-corrected chi connectivity index (χ2v) is 19.2. The van der Waals surface area contributed by atoms with E-state index in [9.17, 15) is 19.0 Å². The summed E-state index contributed by atoms with van der Waals surface area (Å²) in [5, 5.41) is 0. The lowest BCUT2D eigenvalue weighted by atomic mass is 10.0. The lowest BCUT2D eigenvalue weighted by Gasteiger charge is -2.28. The molecule has 0 amide bonds. The highest BCUT2D eigenvalue weighted by molar-refractivity contribution is 7.45. The van der Waals surface area contributed by atoms with Crippen LogP contribution in [-0.2, 0) is 32.7 Å². The highest BCUT2D eigenvalue weighted by Crippen LogP contribution is 2.38. The van der Waals surface area contributed by atoms with E-state index in [1.165, 1.54) is 109 Å². The van der Waals surface area contributed by atoms with Gasteiger partial charge in [-0.1, -0.05) is 177 Å². The fourth-order valence-corrected chi connectivity index (χ4v) is 7.37. The third-order valence-corrected chi connectivity index (χ3v) is 11.5. The molecular weight excluding hydrogens is 798 g/mol. The van der Waals surface area contributed by atoms with Gasteiger partial charge in [0.05, 0.1) is 27.7 Å². The predicted octanol–water partition coefficient (Wildman–Crippen LogP) is 14.2. The van der Waals surface area contributed by atoms with Gasteiger partial charge in [0.2, 0.25) is 0 Å². The maximum Gasteiger partial charge on any atom is 0.306 e. The summed E-state index contributed by atoms with van der Waals surface area (Å²) in [6.07, 6.45) is 54.1. The van der Waals surface area contributed by atoms with Crippen LogP contribution in [0.3, 0.4) is 0 Å². The molecule has 0 aromatic rings. The van der Waals surface area contributed by atoms with Crippen LogP contribution < -0.4 is 4.89 Å². The number of hydrogen-bond donors (Lipinski definition) is 0. The summed E-state index contributed by atoms with van der Waals surface area (Å²) in [4.78, 5) is 37.6. The fraction of sp³-hybridized carbons (Fsp3) is 0.769. The van der Waals surface area contributed by atoms with Gasteiger partial charge in [0.1, 0.15) is 19.8 Å². The number of ether oxygens (including phenoxy) is 2. The predicted molar refractivity (Wildman–Crippen MR) is 259 cm³/mol. The van der Waals surface area contributed by atoms with Crippen molar-refractivity contribution in [3.63, 3.8) is 0 Å². The molecule has 0 bridgehead atoms. The molecule has 0 aromatic carbocycles. The lowest BCUT2D eigenvalue weighted by molar-refractivity contribution is -0.870. The molecule has 0 saturated carbocycles. The number of nitrogens with zero attached hydrogens (tertiary/aromatic N) is 1. The molecule has 0 spiro atoms. The van der Waals surface area contributed by atoms with Crippen LogP contribution in [0, 0.1) is 0 Å². The Morgan fingerprint density at radius 1 is 0.516 bits per heavy atom. The van der Waals surface area contributed by atoms with Crippen LogP contribution in [-0.4, -0.2) is 70.0 Å². The molecule has 0 aliphatic carbocycles. The van der Waals surface area contributed by atoms with E-state index in [2.05, 4.69) is 74.6 Å². The van der Waals surface area contributed by atoms with Crippen molar-refractivity contribution in [2.45, 2.75) is 213 Å². The van der Waals surface area contributed by atoms with Crippen molar-refractivity contribution in [1.82, 2.24) is 0 Å². The average Bonchev–Trinajstić information content (AvgIpc) is 3.23. The maximum atomic E-state index is 12.7. The summed E-state index contributed by atoms with van der Waals surface area (Å²) in [5.41, 5.74) is 0. The zero-order chi connectivity index (χ0) is 45.7. The Labute approximate surface area is 381 Å². The van der Waals surface area contributed by atoms with Gasteiger partial charge in [0.25, 0.3) is 7.82 Å². The Hall–Kier alpha value is -2.29. The highest BCUT2D eigenvalue weighted by Gasteiger charge is 2.21. The van der Waals surface area contributed by atoms with E-state index in [4.69, 9.17) is 18.5 Å². The number of likely N-dealkylation sites (N-methyl/N-ethyl adjacent to an activating group) is 1. The van der Waals surface area contributed by atoms with Crippen LogP contribution in [0.1, 0.15) is 206 Å². The maximum absolute atomic E-state index is 12.7. The van der Waals surface area contributed by atoms with E-state index in [-0.39, 0.29) is 26.1 Å². The molecule has 0 N–H and O–H groups in total. The number of esters is 2. The molecule has 2 atom stereocenters. The van der Waals surface area contributed by atoms with Crippen LogP contribution in [0.15, 0.2) is 60.8 Å². The molecule has 62 heavy (non-hydrogen) atoms. The standard InChI is InChI=1S/C52H94NO8P/c1-6-8-10-12-14-16-18-20-21-22-23-24-25-26-27-28-29-30-31-33-34-36-38-40-42-44-51(54)58-48-50(49-60-62(56,57)59-47-46-53(3,4)5)61-52(55)45-43-41-39-37-35-32-19-17-15-13-11-9-7-2/h9,11,15,17-18,20,22-23,32,35,50H,6-8,10,12-14,16,19,21,24-31,33-34,36-49H2,1-5H3/b11-9-,17-15-,20-18-,23-22-,35-32-. The molecule has 0 heterocycles. The van der Waals surface area contributed by atoms with Crippen molar-refractivity contribution >= 4 is 19.8 Å². The van der Waals surface area contributed by atoms with Crippen molar-refractivity contribution in [3.05, 3.63) is 60.8 Å². The molecule has 10 heteroatoms. The summed E-state index contributed by atoms with van der Waals surface area (Å²) in [6.45, 7) is 4.07. The SMILES string of the molecule is CC/C=C\C/C=C\C/C=C\CCCCCC(=O)OC(COC(=O)CCCCCCCCCCCCCCC/C=C\C/C=C\CCCCCCC)COP(=O)([O-])OCC[N+](C)(C)C. The first-order chi connectivity index (χ1) is 30.0. The average molecular weight is 892 g/mol. The van der Waals surface area contributed by atoms with Crippen LogP contribution in [0.4, 0.5) is 0 Å². The number of carbonyl (C=O) groups is 2. The van der Waals surface area contributed by atoms with E-state index >= 15 is 0 Å². The first kappa shape index (κ1) is 59.7. The van der Waals surface area contributed by atoms with Crippen LogP contribution in [0.2, 0.25) is 0 Å². The van der Waals surface area contributed by atoms with Crippen molar-refractivity contribution < 1.29 is 42.1 Å². The number of carbonyl (C=O) groups excluding carboxylic acids is 2. The molecule has 0 aromatic heterocycles. The van der Waals surface area contributed by atoms with Gasteiger partial charge in [0, 0.05) is 12.8 Å². The van der Waals surface area contributed by atoms with E-state index in [0.29, 0.717) is 17.4 Å². The number of phosphoric acid groups is 1. The van der Waals surface area contributed by atoms with E-state index in [1.54, 1.807) is 0 Å². The summed E-state index contributed by atoms with van der Waals surface area (Å²) in [7, 11) is 1.14. The Balaban J connectivity index is 4.19. The molecule has 0 saturated heterocycles. The van der Waals surface area contributed by atoms with Crippen LogP contribution in [0.5, 0.6) is 0 Å². The van der Waals surface area contributed by atoms with Crippen molar-refractivity contribution in [2.24, 2.45) is 0 Å². The van der Waals surface area contributed by atoms with Crippen molar-refractivity contribution in [3.8, 4) is 0 Å². The van der Waals surface area contributed by atoms with Gasteiger partial charge in [-0.15, -0.1) is 0 Å². The smallest absolute Gasteiger partial charge is 0.306 e. The summed E-state index contributed by atoms with van der Waals surface area (Å²) in [6, 6.07) is 0. The largest absolute Gasteiger partial charge is 0.756 e. The normalized spacial score (nSPS) is 14.0. The molecule has 0 fully saturated rings. The third-order valence-electron chi connectivity index (χ3n) is 10.5. The van der Waals surface area contributed by atoms with Crippen LogP contribution >= 0.6 is 7.82 Å². The van der Waals surface area contributed by atoms with Gasteiger partial charge in [-0.25, -0.2) is 0 Å². The first-order valence-corrected chi connectivity index (χ1v) is 26.5. The summed E-state index contributed by atoms with van der Waals surface area (Å²) in [5.74, 6) is -0.869. The van der Waals surface area contributed by atoms with Gasteiger partial charge in [-0.2, -0.15) is 0 Å². The first-order valence-electron chi connectivity index (χ1n) is 25.0. The van der Waals surface area contributed by atoms with E-state index in [1.807, 2.05) is 21.1 Å². The number of unbranched alkanes of at least 4 members (excludes halogenated alkanes) is 21. The van der Waals surface area contributed by atoms with E-state index in [0.717, 1.165) is 64.2 Å². The summed E-state index contributed by atoms with van der Waals surface area (Å²) >= 11 is 0. The zero-order valence-electron chi connectivity index (χ0n) is 40.6. The zero-order valence-corrected chi connectivity index (χ0v) is 41.4. The molecule has 9 nitrogen and oxygen atoms in total. The van der Waals surface area contributed by atoms with Gasteiger partial charge in [-0.3, -0.25) is 14.2 Å². The van der Waals surface area contributed by atoms with Gasteiger partial charge < -0.3 is 27.9 Å². The number of allylic oxidation sites excluding steroid dienone is 10. The third kappa shape index (κ3) is 47.2. The molecule has 0 aliphatic rings. The molecule has 0 rings (SSSR count). The Morgan fingerprint density at radius 3 is 1.39 bits per heavy atom. The molecule has 360 valence electrons. The molecule has 0 radical (unpaired) electrons. The molecule has 0 aliphatic heterocycles. The number of rotatable bonds is 45. The highest BCUT2D eigenvalue weighted by atomic mass is 31.2. The molecular formula is C52H94NO8P. The number of hydrogen-bond acceptors (Lipinski definition) is 8. The monoisotopic (exact) mass is 892 g/mol. The second kappa shape index (κ2) is 43.9. The van der Waals surface area contributed by atoms with Gasteiger partial charge in [-0.05, 0) is 77.0 Å². The Kier molecular flexibility index (Phi) is 42.3. The molecule has 2 unspecified atom stereocenters. The minimum absolute atomic E-state index is 0.0386. The second-order valence-electron chi connectivity index (χ2n) is 17.8. The number of phosphoric ester groups is 1. The van der Waals surface area contributed by atoms with Crippen LogP contribution in [0.25, 0.3) is 0 Å². The number of quaternary nitrogens is 1. The summed E-state index contributed by atoms with van der Waals surface area (Å²) < 4.78 is 33.9. The van der Waals surface area contributed by atoms with Crippen molar-refractivity contribution in [1.29, 1.82) is 0 Å². The minimum atomic E-state index is -4.64. The van der Waals surface area contributed by atoms with Gasteiger partial charge in [0.15, 0.2) is 6.10 Å². The fourth-order valence-electron chi connectivity index (χ4n) is 6.64. The van der Waals surface area contributed by atoms with Crippen molar-refractivity contribution in [2.75, 3.05) is 47.5 Å². The van der Waals surface area contributed by atoms with E-state index < -0.39 is 32.5 Å².